The van der Waals surface area contributed by atoms with Crippen LogP contribution < -0.4 is 4.90 Å². The minimum Gasteiger partial charge on any atom is -0.368 e. The summed E-state index contributed by atoms with van der Waals surface area (Å²) in [5.41, 5.74) is 5.96. The molecule has 0 bridgehead atoms. The first-order valence-corrected chi connectivity index (χ1v) is 11.2. The van der Waals surface area contributed by atoms with Gasteiger partial charge in [-0.05, 0) is 43.2 Å². The fourth-order valence-electron chi connectivity index (χ4n) is 4.29. The molecule has 0 unspecified atom stereocenters. The largest absolute Gasteiger partial charge is 0.368 e. The maximum Gasteiger partial charge on any atom is 0.259 e. The van der Waals surface area contributed by atoms with Gasteiger partial charge in [0.1, 0.15) is 0 Å². The van der Waals surface area contributed by atoms with Crippen LogP contribution in [-0.2, 0) is 0 Å². The van der Waals surface area contributed by atoms with E-state index in [0.717, 1.165) is 18.7 Å². The first-order chi connectivity index (χ1) is 16.1. The Bertz CT molecular complexity index is 1270. The molecule has 1 aliphatic rings. The van der Waals surface area contributed by atoms with Crippen LogP contribution in [0.2, 0.25) is 0 Å². The predicted octanol–water partition coefficient (Wildman–Crippen LogP) is 4.98. The average Bonchev–Trinajstić information content (AvgIpc) is 3.36. The van der Waals surface area contributed by atoms with Crippen LogP contribution in [0.15, 0.2) is 77.3 Å². The zero-order chi connectivity index (χ0) is 22.8. The van der Waals surface area contributed by atoms with Crippen molar-refractivity contribution < 1.29 is 9.32 Å². The van der Waals surface area contributed by atoms with Crippen molar-refractivity contribution in [3.05, 3.63) is 89.5 Å². The number of aryl methyl sites for hydroxylation is 1. The van der Waals surface area contributed by atoms with E-state index >= 15 is 0 Å². The number of amides is 1. The number of piperazine rings is 1. The third-order valence-electron chi connectivity index (χ3n) is 6.33. The monoisotopic (exact) mass is 438 g/mol. The standard InChI is InChI=1S/C27H26N4O2/c1-19-9-8-14-24(20(19)2)30-15-17-31(18-16-30)27(32)23-13-7-6-12-22(23)26-28-25(29-33-26)21-10-4-3-5-11-21/h3-14H,15-18H2,1-2H3. The van der Waals surface area contributed by atoms with E-state index in [9.17, 15) is 4.79 Å². The molecule has 6 nitrogen and oxygen atoms in total. The van der Waals surface area contributed by atoms with Crippen molar-refractivity contribution in [3.63, 3.8) is 0 Å². The molecule has 0 atom stereocenters. The van der Waals surface area contributed by atoms with E-state index in [4.69, 9.17) is 4.52 Å². The molecule has 6 heteroatoms. The number of hydrogen-bond donors (Lipinski definition) is 0. The summed E-state index contributed by atoms with van der Waals surface area (Å²) in [6.07, 6.45) is 0. The van der Waals surface area contributed by atoms with Gasteiger partial charge in [0, 0.05) is 37.4 Å². The zero-order valence-corrected chi connectivity index (χ0v) is 18.9. The van der Waals surface area contributed by atoms with E-state index in [2.05, 4.69) is 47.1 Å². The van der Waals surface area contributed by atoms with Crippen LogP contribution in [0.1, 0.15) is 21.5 Å². The van der Waals surface area contributed by atoms with Crippen LogP contribution in [0.25, 0.3) is 22.8 Å². The van der Waals surface area contributed by atoms with Crippen molar-refractivity contribution in [1.29, 1.82) is 0 Å². The number of hydrogen-bond acceptors (Lipinski definition) is 5. The summed E-state index contributed by atoms with van der Waals surface area (Å²) in [5, 5.41) is 4.12. The number of carbonyl (C=O) groups is 1. The van der Waals surface area contributed by atoms with E-state index in [1.807, 2.05) is 59.5 Å². The molecule has 1 aromatic heterocycles. The third kappa shape index (κ3) is 4.12. The lowest BCUT2D eigenvalue weighted by Gasteiger charge is -2.37. The molecule has 0 aliphatic carbocycles. The molecule has 0 N–H and O–H groups in total. The maximum absolute atomic E-state index is 13.5. The Morgan fingerprint density at radius 2 is 1.58 bits per heavy atom. The summed E-state index contributed by atoms with van der Waals surface area (Å²) in [5.74, 6) is 0.854. The molecule has 1 saturated heterocycles. The number of carbonyl (C=O) groups excluding carboxylic acids is 1. The van der Waals surface area contributed by atoms with Gasteiger partial charge >= 0.3 is 0 Å². The number of benzene rings is 3. The van der Waals surface area contributed by atoms with Gasteiger partial charge in [-0.2, -0.15) is 4.98 Å². The number of aromatic nitrogens is 2. The molecule has 5 rings (SSSR count). The van der Waals surface area contributed by atoms with Crippen molar-refractivity contribution in [2.75, 3.05) is 31.1 Å². The van der Waals surface area contributed by atoms with Gasteiger partial charge in [-0.1, -0.05) is 59.8 Å². The zero-order valence-electron chi connectivity index (χ0n) is 18.9. The molecule has 4 aromatic rings. The first-order valence-electron chi connectivity index (χ1n) is 11.2. The molecule has 1 fully saturated rings. The van der Waals surface area contributed by atoms with Crippen molar-refractivity contribution in [2.24, 2.45) is 0 Å². The normalized spacial score (nSPS) is 13.9. The fraction of sp³-hybridized carbons (Fsp3) is 0.222. The smallest absolute Gasteiger partial charge is 0.259 e. The summed E-state index contributed by atoms with van der Waals surface area (Å²) in [4.78, 5) is 22.3. The Kier molecular flexibility index (Phi) is 5.65. The summed E-state index contributed by atoms with van der Waals surface area (Å²) in [6, 6.07) is 23.5. The molecule has 2 heterocycles. The molecule has 3 aromatic carbocycles. The maximum atomic E-state index is 13.5. The van der Waals surface area contributed by atoms with E-state index < -0.39 is 0 Å². The van der Waals surface area contributed by atoms with Crippen LogP contribution in [0.3, 0.4) is 0 Å². The lowest BCUT2D eigenvalue weighted by atomic mass is 10.0. The second kappa shape index (κ2) is 8.90. The number of anilines is 1. The quantitative estimate of drug-likeness (QED) is 0.450. The van der Waals surface area contributed by atoms with Crippen LogP contribution in [0.5, 0.6) is 0 Å². The first kappa shape index (κ1) is 20.9. The van der Waals surface area contributed by atoms with Crippen molar-refractivity contribution in [1.82, 2.24) is 15.0 Å². The van der Waals surface area contributed by atoms with Crippen LogP contribution >= 0.6 is 0 Å². The summed E-state index contributed by atoms with van der Waals surface area (Å²) in [6.45, 7) is 7.23. The highest BCUT2D eigenvalue weighted by molar-refractivity contribution is 6.00. The number of nitrogens with zero attached hydrogens (tertiary/aromatic N) is 4. The second-order valence-corrected chi connectivity index (χ2v) is 8.33. The molecule has 33 heavy (non-hydrogen) atoms. The van der Waals surface area contributed by atoms with Crippen LogP contribution in [0, 0.1) is 13.8 Å². The molecule has 0 spiro atoms. The summed E-state index contributed by atoms with van der Waals surface area (Å²) < 4.78 is 5.54. The fourth-order valence-corrected chi connectivity index (χ4v) is 4.29. The topological polar surface area (TPSA) is 62.5 Å². The molecule has 1 amide bonds. The molecule has 0 radical (unpaired) electrons. The Hall–Kier alpha value is -3.93. The lowest BCUT2D eigenvalue weighted by Crippen LogP contribution is -2.49. The van der Waals surface area contributed by atoms with Gasteiger partial charge in [-0.25, -0.2) is 0 Å². The highest BCUT2D eigenvalue weighted by Crippen LogP contribution is 2.28. The van der Waals surface area contributed by atoms with Crippen molar-refractivity contribution in [3.8, 4) is 22.8 Å². The van der Waals surface area contributed by atoms with Crippen molar-refractivity contribution in [2.45, 2.75) is 13.8 Å². The van der Waals surface area contributed by atoms with Gasteiger partial charge in [-0.3, -0.25) is 4.79 Å². The van der Waals surface area contributed by atoms with Gasteiger partial charge in [0.05, 0.1) is 11.1 Å². The van der Waals surface area contributed by atoms with Crippen LogP contribution in [0.4, 0.5) is 5.69 Å². The van der Waals surface area contributed by atoms with Gasteiger partial charge in [-0.15, -0.1) is 0 Å². The molecular weight excluding hydrogens is 412 g/mol. The van der Waals surface area contributed by atoms with Crippen molar-refractivity contribution >= 4 is 11.6 Å². The summed E-state index contributed by atoms with van der Waals surface area (Å²) >= 11 is 0. The van der Waals surface area contributed by atoms with E-state index in [1.54, 1.807) is 0 Å². The van der Waals surface area contributed by atoms with E-state index in [1.165, 1.54) is 16.8 Å². The SMILES string of the molecule is Cc1cccc(N2CCN(C(=O)c3ccccc3-c3nc(-c4ccccc4)no3)CC2)c1C. The van der Waals surface area contributed by atoms with Gasteiger partial charge in [0.2, 0.25) is 5.82 Å². The van der Waals surface area contributed by atoms with Gasteiger partial charge in [0.25, 0.3) is 11.8 Å². The Morgan fingerprint density at radius 3 is 2.36 bits per heavy atom. The molecule has 166 valence electrons. The highest BCUT2D eigenvalue weighted by atomic mass is 16.5. The minimum absolute atomic E-state index is 0.00863. The predicted molar refractivity (Wildman–Crippen MR) is 129 cm³/mol. The van der Waals surface area contributed by atoms with Gasteiger partial charge < -0.3 is 14.3 Å². The molecule has 1 aliphatic heterocycles. The second-order valence-electron chi connectivity index (χ2n) is 8.33. The highest BCUT2D eigenvalue weighted by Gasteiger charge is 2.26. The number of rotatable bonds is 4. The molecular formula is C27H26N4O2. The van der Waals surface area contributed by atoms with Crippen LogP contribution in [-0.4, -0.2) is 47.1 Å². The lowest BCUT2D eigenvalue weighted by molar-refractivity contribution is 0.0747. The van der Waals surface area contributed by atoms with E-state index in [0.29, 0.717) is 35.9 Å². The Balaban J connectivity index is 1.35. The molecule has 0 saturated carbocycles. The van der Waals surface area contributed by atoms with Gasteiger partial charge in [0.15, 0.2) is 0 Å². The third-order valence-corrected chi connectivity index (χ3v) is 6.33. The Morgan fingerprint density at radius 1 is 0.848 bits per heavy atom. The Labute approximate surface area is 193 Å². The van der Waals surface area contributed by atoms with E-state index in [-0.39, 0.29) is 5.91 Å². The summed E-state index contributed by atoms with van der Waals surface area (Å²) in [7, 11) is 0. The average molecular weight is 439 g/mol. The minimum atomic E-state index is -0.00863.